The summed E-state index contributed by atoms with van der Waals surface area (Å²) >= 11 is 1.65. The van der Waals surface area contributed by atoms with Crippen LogP contribution in [0.1, 0.15) is 29.1 Å². The normalized spacial score (nSPS) is 12.0. The van der Waals surface area contributed by atoms with Gasteiger partial charge in [0.05, 0.1) is 11.7 Å². The molecule has 4 aromatic rings. The van der Waals surface area contributed by atoms with Gasteiger partial charge >= 0.3 is 6.09 Å². The fraction of sp³-hybridized carbons (Fsp3) is 0.208. The number of carbonyl (C=O) groups is 1. The van der Waals surface area contributed by atoms with Gasteiger partial charge in [-0.2, -0.15) is 5.10 Å². The first kappa shape index (κ1) is 21.6. The molecule has 0 aliphatic heterocycles. The minimum absolute atomic E-state index is 0.0369. The van der Waals surface area contributed by atoms with E-state index >= 15 is 0 Å². The van der Waals surface area contributed by atoms with Crippen molar-refractivity contribution in [2.24, 2.45) is 0 Å². The lowest BCUT2D eigenvalue weighted by molar-refractivity contribution is 0.154. The van der Waals surface area contributed by atoms with Gasteiger partial charge in [-0.15, -0.1) is 16.4 Å². The van der Waals surface area contributed by atoms with E-state index in [1.165, 1.54) is 4.90 Å². The number of benzene rings is 2. The molecule has 3 N–H and O–H groups in total. The highest BCUT2D eigenvalue weighted by molar-refractivity contribution is 7.15. The Hall–Kier alpha value is -3.65. The lowest BCUT2D eigenvalue weighted by Gasteiger charge is -2.16. The van der Waals surface area contributed by atoms with Gasteiger partial charge in [-0.25, -0.2) is 4.79 Å². The summed E-state index contributed by atoms with van der Waals surface area (Å²) in [5, 5.41) is 32.9. The molecule has 0 unspecified atom stereocenters. The van der Waals surface area contributed by atoms with E-state index in [2.05, 4.69) is 34.6 Å². The number of hydrogen-bond donors (Lipinski definition) is 3. The minimum atomic E-state index is -0.957. The summed E-state index contributed by atoms with van der Waals surface area (Å²) in [4.78, 5) is 14.7. The summed E-state index contributed by atoms with van der Waals surface area (Å²) in [6.45, 7) is 4.27. The first-order chi connectivity index (χ1) is 15.3. The number of aryl methyl sites for hydroxylation is 1. The van der Waals surface area contributed by atoms with Crippen molar-refractivity contribution in [2.75, 3.05) is 12.4 Å². The second-order valence-corrected chi connectivity index (χ2v) is 8.84. The first-order valence-corrected chi connectivity index (χ1v) is 11.0. The molecule has 2 aromatic heterocycles. The molecule has 1 amide bonds. The molecule has 0 aliphatic carbocycles. The number of carboxylic acid groups (broad SMARTS) is 1. The van der Waals surface area contributed by atoms with E-state index in [0.29, 0.717) is 12.4 Å². The van der Waals surface area contributed by atoms with Crippen LogP contribution in [-0.2, 0) is 6.54 Å². The Labute approximate surface area is 190 Å². The molecule has 2 aromatic carbocycles. The van der Waals surface area contributed by atoms with Crippen molar-refractivity contribution >= 4 is 34.0 Å². The van der Waals surface area contributed by atoms with Crippen LogP contribution in [-0.4, -0.2) is 38.5 Å². The smallest absolute Gasteiger partial charge is 0.407 e. The summed E-state index contributed by atoms with van der Waals surface area (Å²) < 4.78 is 0. The number of phenols is 1. The average molecular weight is 449 g/mol. The topological polar surface area (TPSA) is 98.6 Å². The number of aromatic nitrogens is 2. The highest BCUT2D eigenvalue weighted by atomic mass is 32.1. The number of thiophene rings is 1. The fourth-order valence-corrected chi connectivity index (χ4v) is 4.68. The molecule has 8 heteroatoms. The maximum absolute atomic E-state index is 11.2. The van der Waals surface area contributed by atoms with Gasteiger partial charge in [-0.1, -0.05) is 24.3 Å². The number of fused-ring (bicyclic) bond motifs is 1. The van der Waals surface area contributed by atoms with E-state index in [1.54, 1.807) is 30.5 Å². The molecule has 164 valence electrons. The Morgan fingerprint density at radius 1 is 1.12 bits per heavy atom. The van der Waals surface area contributed by atoms with E-state index in [-0.39, 0.29) is 11.8 Å². The minimum Gasteiger partial charge on any atom is -0.508 e. The molecular weight excluding hydrogens is 424 g/mol. The SMILES string of the molecule is Cc1nnc(N[C@H](C)c2ccc(-c3ccccc3CN(C)C(=O)O)s2)c2cc(O)ccc12. The zero-order valence-electron chi connectivity index (χ0n) is 18.0. The van der Waals surface area contributed by atoms with E-state index in [9.17, 15) is 15.0 Å². The molecule has 1 atom stereocenters. The summed E-state index contributed by atoms with van der Waals surface area (Å²) in [6, 6.07) is 17.1. The molecule has 0 aliphatic rings. The quantitative estimate of drug-likeness (QED) is 0.352. The van der Waals surface area contributed by atoms with Crippen LogP contribution in [0.5, 0.6) is 5.75 Å². The van der Waals surface area contributed by atoms with Crippen LogP contribution in [0.2, 0.25) is 0 Å². The molecule has 32 heavy (non-hydrogen) atoms. The molecule has 0 radical (unpaired) electrons. The third kappa shape index (κ3) is 4.36. The number of amides is 1. The Bertz CT molecular complexity index is 1290. The number of anilines is 1. The number of aromatic hydroxyl groups is 1. The van der Waals surface area contributed by atoms with Gasteiger partial charge in [0.25, 0.3) is 0 Å². The summed E-state index contributed by atoms with van der Waals surface area (Å²) in [6.07, 6.45) is -0.957. The van der Waals surface area contributed by atoms with Crippen LogP contribution in [0.15, 0.2) is 54.6 Å². The van der Waals surface area contributed by atoms with Crippen LogP contribution in [0, 0.1) is 6.92 Å². The molecule has 7 nitrogen and oxygen atoms in total. The van der Waals surface area contributed by atoms with Crippen LogP contribution in [0.25, 0.3) is 21.2 Å². The van der Waals surface area contributed by atoms with Gasteiger partial charge in [-0.05, 0) is 55.3 Å². The maximum Gasteiger partial charge on any atom is 0.407 e. The second kappa shape index (κ2) is 8.84. The van der Waals surface area contributed by atoms with Crippen LogP contribution >= 0.6 is 11.3 Å². The highest BCUT2D eigenvalue weighted by Gasteiger charge is 2.16. The standard InChI is InChI=1S/C24H24N4O3S/c1-14-18-9-8-17(29)12-20(18)23(27-26-14)25-15(2)21-10-11-22(32-21)19-7-5-4-6-16(19)13-28(3)24(30)31/h4-12,15,29H,13H2,1-3H3,(H,25,27)(H,30,31)/t15-/m1/s1. The van der Waals surface area contributed by atoms with Crippen LogP contribution < -0.4 is 5.32 Å². The number of rotatable bonds is 6. The third-order valence-corrected chi connectivity index (χ3v) is 6.67. The van der Waals surface area contributed by atoms with Crippen molar-refractivity contribution in [2.45, 2.75) is 26.4 Å². The molecule has 0 saturated carbocycles. The molecule has 0 bridgehead atoms. The largest absolute Gasteiger partial charge is 0.508 e. The predicted octanol–water partition coefficient (Wildman–Crippen LogP) is 5.66. The molecule has 2 heterocycles. The van der Waals surface area contributed by atoms with E-state index in [0.717, 1.165) is 37.3 Å². The third-order valence-electron chi connectivity index (χ3n) is 5.37. The van der Waals surface area contributed by atoms with Gasteiger partial charge in [-0.3, -0.25) is 0 Å². The second-order valence-electron chi connectivity index (χ2n) is 7.73. The zero-order valence-corrected chi connectivity index (χ0v) is 18.8. The van der Waals surface area contributed by atoms with Crippen molar-refractivity contribution in [1.82, 2.24) is 15.1 Å². The summed E-state index contributed by atoms with van der Waals surface area (Å²) in [5.41, 5.74) is 2.78. The zero-order chi connectivity index (χ0) is 22.8. The van der Waals surface area contributed by atoms with E-state index in [1.807, 2.05) is 37.3 Å². The van der Waals surface area contributed by atoms with E-state index in [4.69, 9.17) is 0 Å². The monoisotopic (exact) mass is 448 g/mol. The van der Waals surface area contributed by atoms with E-state index < -0.39 is 6.09 Å². The molecule has 0 saturated heterocycles. The first-order valence-electron chi connectivity index (χ1n) is 10.2. The van der Waals surface area contributed by atoms with Gasteiger partial charge in [0.1, 0.15) is 5.75 Å². The van der Waals surface area contributed by atoms with Crippen molar-refractivity contribution in [3.05, 3.63) is 70.7 Å². The van der Waals surface area contributed by atoms with Crippen molar-refractivity contribution in [1.29, 1.82) is 0 Å². The molecule has 4 rings (SSSR count). The predicted molar refractivity (Wildman–Crippen MR) is 127 cm³/mol. The lowest BCUT2D eigenvalue weighted by atomic mass is 10.1. The Morgan fingerprint density at radius 2 is 1.91 bits per heavy atom. The van der Waals surface area contributed by atoms with Crippen molar-refractivity contribution in [3.63, 3.8) is 0 Å². The van der Waals surface area contributed by atoms with Gasteiger partial charge in [0.2, 0.25) is 0 Å². The van der Waals surface area contributed by atoms with Gasteiger partial charge < -0.3 is 20.4 Å². The van der Waals surface area contributed by atoms with Gasteiger partial charge in [0, 0.05) is 34.1 Å². The maximum atomic E-state index is 11.2. The van der Waals surface area contributed by atoms with Crippen LogP contribution in [0.3, 0.4) is 0 Å². The fourth-order valence-electron chi connectivity index (χ4n) is 3.61. The average Bonchev–Trinajstić information content (AvgIpc) is 3.26. The Morgan fingerprint density at radius 3 is 2.69 bits per heavy atom. The van der Waals surface area contributed by atoms with Crippen LogP contribution in [0.4, 0.5) is 10.6 Å². The summed E-state index contributed by atoms with van der Waals surface area (Å²) in [7, 11) is 1.57. The Kier molecular flexibility index (Phi) is 5.96. The number of phenolic OH excluding ortho intramolecular Hbond substituents is 1. The molecule has 0 spiro atoms. The molecule has 0 fully saturated rings. The molecular formula is C24H24N4O3S. The van der Waals surface area contributed by atoms with Crippen molar-refractivity contribution in [3.8, 4) is 16.2 Å². The number of nitrogens with one attached hydrogen (secondary N) is 1. The Balaban J connectivity index is 1.61. The number of hydrogen-bond acceptors (Lipinski definition) is 6. The number of nitrogens with zero attached hydrogens (tertiary/aromatic N) is 3. The van der Waals surface area contributed by atoms with Gasteiger partial charge in [0.15, 0.2) is 5.82 Å². The lowest BCUT2D eigenvalue weighted by Crippen LogP contribution is -2.24. The van der Waals surface area contributed by atoms with Crippen molar-refractivity contribution < 1.29 is 15.0 Å². The summed E-state index contributed by atoms with van der Waals surface area (Å²) in [5.74, 6) is 0.800. The highest BCUT2D eigenvalue weighted by Crippen LogP contribution is 2.36.